The lowest BCUT2D eigenvalue weighted by atomic mass is 10.2. The van der Waals surface area contributed by atoms with Crippen molar-refractivity contribution >= 4 is 45.6 Å². The highest BCUT2D eigenvalue weighted by Gasteiger charge is 2.10. The van der Waals surface area contributed by atoms with E-state index in [1.165, 1.54) is 17.5 Å². The van der Waals surface area contributed by atoms with Gasteiger partial charge in [-0.1, -0.05) is 23.2 Å². The Balaban J connectivity index is 1.60. The Kier molecular flexibility index (Phi) is 5.53. The summed E-state index contributed by atoms with van der Waals surface area (Å²) in [6, 6.07) is 8.51. The van der Waals surface area contributed by atoms with Crippen molar-refractivity contribution in [3.8, 4) is 5.75 Å². The number of carbonyl (C=O) groups excluding carboxylic acids is 1. The largest absolute Gasteiger partial charge is 0.486 e. The molecule has 0 bridgehead atoms. The van der Waals surface area contributed by atoms with Gasteiger partial charge < -0.3 is 4.74 Å². The molecule has 1 aromatic carbocycles. The third kappa shape index (κ3) is 4.69. The zero-order valence-electron chi connectivity index (χ0n) is 13.1. The molecule has 2 heterocycles. The van der Waals surface area contributed by atoms with Crippen molar-refractivity contribution in [2.24, 2.45) is 0 Å². The van der Waals surface area contributed by atoms with Crippen LogP contribution in [0.3, 0.4) is 0 Å². The Morgan fingerprint density at radius 2 is 2.12 bits per heavy atom. The van der Waals surface area contributed by atoms with Crippen LogP contribution in [0.5, 0.6) is 5.75 Å². The summed E-state index contributed by atoms with van der Waals surface area (Å²) in [5.41, 5.74) is 2.02. The van der Waals surface area contributed by atoms with Gasteiger partial charge in [0.15, 0.2) is 5.13 Å². The van der Waals surface area contributed by atoms with E-state index in [2.05, 4.69) is 15.3 Å². The van der Waals surface area contributed by atoms with Gasteiger partial charge in [0.2, 0.25) is 0 Å². The Bertz CT molecular complexity index is 897. The van der Waals surface area contributed by atoms with Gasteiger partial charge in [0, 0.05) is 22.3 Å². The minimum atomic E-state index is -0.255. The number of hydrogen-bond acceptors (Lipinski definition) is 5. The molecule has 25 heavy (non-hydrogen) atoms. The fourth-order valence-corrected chi connectivity index (χ4v) is 3.10. The Morgan fingerprint density at radius 3 is 2.84 bits per heavy atom. The average Bonchev–Trinajstić information content (AvgIpc) is 3.02. The predicted molar refractivity (Wildman–Crippen MR) is 99.8 cm³/mol. The first-order chi connectivity index (χ1) is 12.0. The van der Waals surface area contributed by atoms with Crippen LogP contribution in [-0.4, -0.2) is 15.9 Å². The summed E-state index contributed by atoms with van der Waals surface area (Å²) in [5.74, 6) is 0.269. The molecule has 0 aliphatic carbocycles. The SMILES string of the molecule is Cc1ccc(C(=O)Nc2nc(COc3ccc(Cl)cc3Cl)cs2)cn1. The number of carbonyl (C=O) groups is 1. The summed E-state index contributed by atoms with van der Waals surface area (Å²) >= 11 is 13.2. The second-order valence-electron chi connectivity index (χ2n) is 5.15. The third-order valence-corrected chi connectivity index (χ3v) is 4.55. The molecule has 0 fully saturated rings. The molecule has 8 heteroatoms. The van der Waals surface area contributed by atoms with Gasteiger partial charge >= 0.3 is 0 Å². The first-order valence-electron chi connectivity index (χ1n) is 7.27. The lowest BCUT2D eigenvalue weighted by Crippen LogP contribution is -2.12. The van der Waals surface area contributed by atoms with Crippen LogP contribution in [0, 0.1) is 6.92 Å². The number of ether oxygens (including phenoxy) is 1. The number of benzene rings is 1. The van der Waals surface area contributed by atoms with Crippen molar-refractivity contribution in [2.75, 3.05) is 5.32 Å². The number of aromatic nitrogens is 2. The van der Waals surface area contributed by atoms with Gasteiger partial charge in [-0.3, -0.25) is 15.1 Å². The van der Waals surface area contributed by atoms with Crippen LogP contribution in [0.25, 0.3) is 0 Å². The fraction of sp³-hybridized carbons (Fsp3) is 0.118. The second-order valence-corrected chi connectivity index (χ2v) is 6.85. The van der Waals surface area contributed by atoms with Gasteiger partial charge in [0.1, 0.15) is 12.4 Å². The molecule has 0 atom stereocenters. The molecule has 0 unspecified atom stereocenters. The summed E-state index contributed by atoms with van der Waals surface area (Å²) in [6.45, 7) is 2.10. The maximum Gasteiger partial charge on any atom is 0.259 e. The first kappa shape index (κ1) is 17.7. The molecule has 3 aromatic rings. The molecule has 0 aliphatic heterocycles. The number of halogens is 2. The highest BCUT2D eigenvalue weighted by Crippen LogP contribution is 2.28. The average molecular weight is 394 g/mol. The lowest BCUT2D eigenvalue weighted by molar-refractivity contribution is 0.102. The number of rotatable bonds is 5. The highest BCUT2D eigenvalue weighted by atomic mass is 35.5. The third-order valence-electron chi connectivity index (χ3n) is 3.22. The van der Waals surface area contributed by atoms with E-state index in [9.17, 15) is 4.79 Å². The Labute approximate surface area is 158 Å². The van der Waals surface area contributed by atoms with E-state index < -0.39 is 0 Å². The maximum absolute atomic E-state index is 12.1. The number of aryl methyl sites for hydroxylation is 1. The number of pyridine rings is 1. The molecule has 5 nitrogen and oxygen atoms in total. The van der Waals surface area contributed by atoms with Gasteiger partial charge in [-0.05, 0) is 37.3 Å². The zero-order valence-corrected chi connectivity index (χ0v) is 15.5. The summed E-state index contributed by atoms with van der Waals surface area (Å²) in [4.78, 5) is 20.6. The number of thiazole rings is 1. The van der Waals surface area contributed by atoms with E-state index in [1.54, 1.807) is 30.3 Å². The molecule has 2 aromatic heterocycles. The topological polar surface area (TPSA) is 64.1 Å². The van der Waals surface area contributed by atoms with Crippen LogP contribution in [0.1, 0.15) is 21.7 Å². The fourth-order valence-electron chi connectivity index (χ4n) is 1.95. The van der Waals surface area contributed by atoms with E-state index in [1.807, 2.05) is 12.3 Å². The summed E-state index contributed by atoms with van der Waals surface area (Å²) in [6.07, 6.45) is 1.53. The molecular weight excluding hydrogens is 381 g/mol. The predicted octanol–water partition coefficient (Wildman–Crippen LogP) is 4.98. The van der Waals surface area contributed by atoms with Crippen LogP contribution in [0.4, 0.5) is 5.13 Å². The van der Waals surface area contributed by atoms with Crippen molar-refractivity contribution < 1.29 is 9.53 Å². The van der Waals surface area contributed by atoms with Crippen LogP contribution >= 0.6 is 34.5 Å². The monoisotopic (exact) mass is 393 g/mol. The van der Waals surface area contributed by atoms with Gasteiger partial charge in [0.05, 0.1) is 16.3 Å². The zero-order chi connectivity index (χ0) is 17.8. The summed E-state index contributed by atoms with van der Waals surface area (Å²) < 4.78 is 5.62. The van der Waals surface area contributed by atoms with Gasteiger partial charge in [-0.15, -0.1) is 11.3 Å². The van der Waals surface area contributed by atoms with Gasteiger partial charge in [-0.2, -0.15) is 0 Å². The number of anilines is 1. The molecule has 0 aliphatic rings. The van der Waals surface area contributed by atoms with E-state index in [0.717, 1.165) is 5.69 Å². The lowest BCUT2D eigenvalue weighted by Gasteiger charge is -2.06. The first-order valence-corrected chi connectivity index (χ1v) is 8.91. The van der Waals surface area contributed by atoms with Crippen molar-refractivity contribution in [3.63, 3.8) is 0 Å². The van der Waals surface area contributed by atoms with E-state index in [-0.39, 0.29) is 12.5 Å². The molecular formula is C17H13Cl2N3O2S. The molecule has 1 N–H and O–H groups in total. The molecule has 128 valence electrons. The van der Waals surface area contributed by atoms with Crippen LogP contribution in [0.15, 0.2) is 41.9 Å². The van der Waals surface area contributed by atoms with E-state index >= 15 is 0 Å². The number of amides is 1. The molecule has 0 saturated heterocycles. The van der Waals surface area contributed by atoms with E-state index in [4.69, 9.17) is 27.9 Å². The number of hydrogen-bond donors (Lipinski definition) is 1. The standard InChI is InChI=1S/C17H13Cl2N3O2S/c1-10-2-3-11(7-20-10)16(23)22-17-21-13(9-25-17)8-24-15-5-4-12(18)6-14(15)19/h2-7,9H,8H2,1H3,(H,21,22,23). The van der Waals surface area contributed by atoms with Gasteiger partial charge in [-0.25, -0.2) is 4.98 Å². The molecule has 0 spiro atoms. The summed E-state index contributed by atoms with van der Waals surface area (Å²) in [7, 11) is 0. The Morgan fingerprint density at radius 1 is 1.28 bits per heavy atom. The quantitative estimate of drug-likeness (QED) is 0.663. The van der Waals surface area contributed by atoms with Crippen molar-refractivity contribution in [2.45, 2.75) is 13.5 Å². The highest BCUT2D eigenvalue weighted by molar-refractivity contribution is 7.13. The van der Waals surface area contributed by atoms with Gasteiger partial charge in [0.25, 0.3) is 5.91 Å². The van der Waals surface area contributed by atoms with Crippen molar-refractivity contribution in [1.29, 1.82) is 0 Å². The van der Waals surface area contributed by atoms with Crippen molar-refractivity contribution in [1.82, 2.24) is 9.97 Å². The van der Waals surface area contributed by atoms with Crippen LogP contribution in [0.2, 0.25) is 10.0 Å². The molecule has 0 radical (unpaired) electrons. The maximum atomic E-state index is 12.1. The van der Waals surface area contributed by atoms with E-state index in [0.29, 0.717) is 32.2 Å². The molecule has 1 amide bonds. The normalized spacial score (nSPS) is 10.5. The molecule has 0 saturated carbocycles. The Hall–Kier alpha value is -2.15. The second kappa shape index (κ2) is 7.82. The van der Waals surface area contributed by atoms with Crippen molar-refractivity contribution in [3.05, 3.63) is 68.9 Å². The van der Waals surface area contributed by atoms with Crippen LogP contribution in [-0.2, 0) is 6.61 Å². The number of nitrogens with one attached hydrogen (secondary N) is 1. The minimum absolute atomic E-state index is 0.236. The summed E-state index contributed by atoms with van der Waals surface area (Å²) in [5, 5.41) is 6.03. The smallest absolute Gasteiger partial charge is 0.259 e. The number of nitrogens with zero attached hydrogens (tertiary/aromatic N) is 2. The van der Waals surface area contributed by atoms with Crippen LogP contribution < -0.4 is 10.1 Å². The molecule has 3 rings (SSSR count). The minimum Gasteiger partial charge on any atom is -0.486 e.